The van der Waals surface area contributed by atoms with Crippen molar-refractivity contribution in [3.63, 3.8) is 0 Å². The van der Waals surface area contributed by atoms with Gasteiger partial charge in [-0.05, 0) is 101 Å². The summed E-state index contributed by atoms with van der Waals surface area (Å²) in [6.07, 6.45) is 7.95. The molecule has 0 unspecified atom stereocenters. The van der Waals surface area contributed by atoms with Gasteiger partial charge in [-0.3, -0.25) is 0 Å². The number of allylic oxidation sites excluding steroid dienone is 1. The molecule has 2 aliphatic rings. The molecule has 37 heavy (non-hydrogen) atoms. The lowest BCUT2D eigenvalue weighted by molar-refractivity contribution is 1.38. The minimum absolute atomic E-state index is 0.963. The van der Waals surface area contributed by atoms with Gasteiger partial charge in [0.2, 0.25) is 0 Å². The van der Waals surface area contributed by atoms with Crippen molar-refractivity contribution in [2.45, 2.75) is 6.42 Å². The maximum Gasteiger partial charge on any atom is 0.0722 e. The Hall–Kier alpha value is -4.75. The molecular weight excluding hydrogens is 446 g/mol. The molecule has 0 radical (unpaired) electrons. The number of hydrogen-bond acceptors (Lipinski definition) is 1. The molecule has 0 fully saturated rings. The third kappa shape index (κ3) is 2.51. The van der Waals surface area contributed by atoms with Crippen molar-refractivity contribution in [1.29, 1.82) is 0 Å². The minimum Gasteiger partial charge on any atom is -0.248 e. The van der Waals surface area contributed by atoms with E-state index in [0.717, 1.165) is 17.5 Å². The number of rotatable bonds is 0. The van der Waals surface area contributed by atoms with Crippen LogP contribution in [0.15, 0.2) is 108 Å². The summed E-state index contributed by atoms with van der Waals surface area (Å²) in [5.41, 5.74) is 2.39. The van der Waals surface area contributed by atoms with Crippen molar-refractivity contribution in [2.75, 3.05) is 0 Å². The Morgan fingerprint density at radius 1 is 0.486 bits per heavy atom. The normalized spacial score (nSPS) is 13.6. The van der Waals surface area contributed by atoms with Gasteiger partial charge in [-0.2, -0.15) is 0 Å². The molecule has 1 aliphatic carbocycles. The van der Waals surface area contributed by atoms with Gasteiger partial charge in [-0.1, -0.05) is 85.0 Å². The van der Waals surface area contributed by atoms with Gasteiger partial charge in [0, 0.05) is 10.4 Å². The van der Waals surface area contributed by atoms with E-state index >= 15 is 0 Å². The quantitative estimate of drug-likeness (QED) is 0.157. The second-order valence-electron chi connectivity index (χ2n) is 10.2. The van der Waals surface area contributed by atoms with Gasteiger partial charge < -0.3 is 0 Å². The molecule has 0 aromatic heterocycles. The van der Waals surface area contributed by atoms with E-state index in [1.807, 2.05) is 0 Å². The van der Waals surface area contributed by atoms with Gasteiger partial charge in [0.1, 0.15) is 0 Å². The second-order valence-corrected chi connectivity index (χ2v) is 10.2. The van der Waals surface area contributed by atoms with Gasteiger partial charge in [0.05, 0.1) is 11.0 Å². The highest BCUT2D eigenvalue weighted by atomic mass is 14.7. The van der Waals surface area contributed by atoms with E-state index < -0.39 is 0 Å². The molecule has 0 saturated carbocycles. The number of benzene rings is 7. The van der Waals surface area contributed by atoms with Crippen LogP contribution in [0.4, 0.5) is 5.69 Å². The monoisotopic (exact) mass is 467 g/mol. The number of para-hydroxylation sites is 1. The zero-order valence-electron chi connectivity index (χ0n) is 20.1. The molecular formula is C36H21N. The average molecular weight is 468 g/mol. The Kier molecular flexibility index (Phi) is 3.64. The largest absolute Gasteiger partial charge is 0.248 e. The van der Waals surface area contributed by atoms with Crippen LogP contribution in [0.5, 0.6) is 0 Å². The molecule has 170 valence electrons. The van der Waals surface area contributed by atoms with E-state index in [1.165, 1.54) is 75.1 Å². The van der Waals surface area contributed by atoms with Crippen LogP contribution in [0.3, 0.4) is 0 Å². The topological polar surface area (TPSA) is 12.4 Å². The summed E-state index contributed by atoms with van der Waals surface area (Å²) in [5.74, 6) is 0. The fraction of sp³-hybridized carbons (Fsp3) is 0.0278. The zero-order valence-corrected chi connectivity index (χ0v) is 20.1. The second kappa shape index (κ2) is 6.93. The molecule has 9 rings (SSSR count). The standard InChI is InChI=1S/C36H21N/c1-3-11-23-21(9-1)22-10-2-4-12-24(22)29-18-31-30(17-28(23)29)25-13-5-6-14-26(25)33-20-36-34(19-32(31)33)27-15-7-8-16-35(27)37-36/h1-4,6-20H,5H2. The van der Waals surface area contributed by atoms with Crippen LogP contribution in [-0.2, 0) is 0 Å². The smallest absolute Gasteiger partial charge is 0.0722 e. The SMILES string of the molecule is C1=Cc2c(c3cc4c5ccccc5c5ccccc5c4cc3c3cc4c(cc23)N=c2ccccc2=4)=CC1. The van der Waals surface area contributed by atoms with Crippen LogP contribution < -0.4 is 10.6 Å². The Morgan fingerprint density at radius 2 is 1.08 bits per heavy atom. The van der Waals surface area contributed by atoms with Gasteiger partial charge in [-0.15, -0.1) is 0 Å². The molecule has 0 amide bonds. The molecule has 7 aromatic rings. The van der Waals surface area contributed by atoms with Crippen LogP contribution in [0.25, 0.3) is 66.0 Å². The summed E-state index contributed by atoms with van der Waals surface area (Å²) >= 11 is 0. The lowest BCUT2D eigenvalue weighted by Crippen LogP contribution is -2.10. The van der Waals surface area contributed by atoms with Crippen LogP contribution >= 0.6 is 0 Å². The summed E-state index contributed by atoms with van der Waals surface area (Å²) in [5, 5.41) is 18.0. The lowest BCUT2D eigenvalue weighted by atomic mass is 9.87. The van der Waals surface area contributed by atoms with E-state index in [2.05, 4.69) is 115 Å². The van der Waals surface area contributed by atoms with Crippen LogP contribution in [0.1, 0.15) is 12.0 Å². The molecule has 0 N–H and O–H groups in total. The number of hydrogen-bond donors (Lipinski definition) is 0. The summed E-state index contributed by atoms with van der Waals surface area (Å²) in [6, 6.07) is 35.8. The summed E-state index contributed by atoms with van der Waals surface area (Å²) in [6.45, 7) is 0. The molecule has 1 aliphatic heterocycles. The molecule has 0 saturated heterocycles. The Labute approximate surface area is 212 Å². The van der Waals surface area contributed by atoms with E-state index in [1.54, 1.807) is 0 Å². The first-order valence-corrected chi connectivity index (χ1v) is 13.0. The minimum atomic E-state index is 0.963. The zero-order chi connectivity index (χ0) is 24.1. The first-order chi connectivity index (χ1) is 18.3. The molecule has 0 spiro atoms. The van der Waals surface area contributed by atoms with E-state index in [4.69, 9.17) is 4.99 Å². The Morgan fingerprint density at radius 3 is 1.84 bits per heavy atom. The number of fused-ring (bicyclic) bond motifs is 14. The fourth-order valence-corrected chi connectivity index (χ4v) is 6.73. The van der Waals surface area contributed by atoms with Crippen LogP contribution in [0.2, 0.25) is 0 Å². The van der Waals surface area contributed by atoms with Gasteiger partial charge in [0.15, 0.2) is 0 Å². The van der Waals surface area contributed by atoms with Crippen molar-refractivity contribution in [2.24, 2.45) is 4.99 Å². The Balaban J connectivity index is 1.59. The van der Waals surface area contributed by atoms with Gasteiger partial charge >= 0.3 is 0 Å². The molecule has 1 heteroatoms. The summed E-state index contributed by atoms with van der Waals surface area (Å²) in [4.78, 5) is 4.99. The highest BCUT2D eigenvalue weighted by Crippen LogP contribution is 2.39. The van der Waals surface area contributed by atoms with Crippen molar-refractivity contribution in [3.05, 3.63) is 130 Å². The maximum atomic E-state index is 4.99. The summed E-state index contributed by atoms with van der Waals surface area (Å²) in [7, 11) is 0. The predicted molar refractivity (Wildman–Crippen MR) is 157 cm³/mol. The molecule has 7 aromatic carbocycles. The van der Waals surface area contributed by atoms with Crippen LogP contribution in [-0.4, -0.2) is 0 Å². The van der Waals surface area contributed by atoms with Crippen molar-refractivity contribution in [3.8, 4) is 0 Å². The third-order valence-corrected chi connectivity index (χ3v) is 8.36. The van der Waals surface area contributed by atoms with E-state index in [0.29, 0.717) is 0 Å². The Bertz CT molecular complexity index is 2430. The highest BCUT2D eigenvalue weighted by Gasteiger charge is 2.16. The van der Waals surface area contributed by atoms with Crippen molar-refractivity contribution in [1.82, 2.24) is 0 Å². The van der Waals surface area contributed by atoms with E-state index in [9.17, 15) is 0 Å². The van der Waals surface area contributed by atoms with E-state index in [-0.39, 0.29) is 0 Å². The first-order valence-electron chi connectivity index (χ1n) is 13.0. The highest BCUT2D eigenvalue weighted by molar-refractivity contribution is 6.29. The third-order valence-electron chi connectivity index (χ3n) is 8.36. The lowest BCUT2D eigenvalue weighted by Gasteiger charge is -2.16. The molecule has 0 atom stereocenters. The molecule has 0 bridgehead atoms. The first kappa shape index (κ1) is 19.4. The molecule has 1 heterocycles. The summed E-state index contributed by atoms with van der Waals surface area (Å²) < 4.78 is 0. The van der Waals surface area contributed by atoms with Gasteiger partial charge in [-0.25, -0.2) is 4.99 Å². The fourth-order valence-electron chi connectivity index (χ4n) is 6.73. The maximum absolute atomic E-state index is 4.99. The van der Waals surface area contributed by atoms with Gasteiger partial charge in [0.25, 0.3) is 0 Å². The predicted octanol–water partition coefficient (Wildman–Crippen LogP) is 8.20. The molecule has 1 nitrogen and oxygen atoms in total. The van der Waals surface area contributed by atoms with Crippen molar-refractivity contribution < 1.29 is 0 Å². The van der Waals surface area contributed by atoms with Crippen LogP contribution in [0, 0.1) is 10.4 Å². The van der Waals surface area contributed by atoms with Crippen molar-refractivity contribution >= 4 is 71.7 Å². The number of nitrogens with zero attached hydrogens (tertiary/aromatic N) is 1. The average Bonchev–Trinajstić information content (AvgIpc) is 3.33.